The van der Waals surface area contributed by atoms with Crippen LogP contribution in [0, 0.1) is 11.3 Å². The van der Waals surface area contributed by atoms with E-state index in [0.717, 1.165) is 18.9 Å². The SMILES string of the molecule is N=C(C1CCCC1)N1CCC(c2ccccc2)C1. The molecule has 1 aliphatic heterocycles. The van der Waals surface area contributed by atoms with Gasteiger partial charge in [0.15, 0.2) is 0 Å². The average molecular weight is 242 g/mol. The minimum atomic E-state index is 0.555. The van der Waals surface area contributed by atoms with Gasteiger partial charge in [-0.05, 0) is 24.8 Å². The van der Waals surface area contributed by atoms with Gasteiger partial charge < -0.3 is 4.90 Å². The first kappa shape index (κ1) is 11.8. The molecule has 0 bridgehead atoms. The lowest BCUT2D eigenvalue weighted by molar-refractivity contribution is 0.464. The smallest absolute Gasteiger partial charge is 0.0989 e. The fraction of sp³-hybridized carbons (Fsp3) is 0.562. The van der Waals surface area contributed by atoms with E-state index in [1.54, 1.807) is 0 Å². The van der Waals surface area contributed by atoms with Gasteiger partial charge in [-0.25, -0.2) is 0 Å². The van der Waals surface area contributed by atoms with Crippen molar-refractivity contribution < 1.29 is 0 Å². The molecule has 0 amide bonds. The molecule has 2 fully saturated rings. The lowest BCUT2D eigenvalue weighted by Gasteiger charge is -2.23. The zero-order valence-corrected chi connectivity index (χ0v) is 10.9. The Morgan fingerprint density at radius 2 is 1.78 bits per heavy atom. The summed E-state index contributed by atoms with van der Waals surface area (Å²) >= 11 is 0. The molecule has 2 nitrogen and oxygen atoms in total. The largest absolute Gasteiger partial charge is 0.360 e. The molecule has 1 unspecified atom stereocenters. The van der Waals surface area contributed by atoms with E-state index in [1.165, 1.54) is 37.7 Å². The summed E-state index contributed by atoms with van der Waals surface area (Å²) in [5, 5.41) is 8.36. The van der Waals surface area contributed by atoms with Crippen molar-refractivity contribution in [2.75, 3.05) is 13.1 Å². The number of amidine groups is 1. The molecule has 1 aliphatic carbocycles. The average Bonchev–Trinajstić information content (AvgIpc) is 3.10. The highest BCUT2D eigenvalue weighted by Gasteiger charge is 2.30. The summed E-state index contributed by atoms with van der Waals surface area (Å²) in [6.45, 7) is 2.13. The Bertz CT molecular complexity index is 406. The normalized spacial score (nSPS) is 24.7. The molecule has 1 saturated carbocycles. The Labute approximate surface area is 110 Å². The Morgan fingerprint density at radius 3 is 2.50 bits per heavy atom. The van der Waals surface area contributed by atoms with Gasteiger partial charge in [0.1, 0.15) is 0 Å². The first-order valence-electron chi connectivity index (χ1n) is 7.23. The Hall–Kier alpha value is -1.31. The summed E-state index contributed by atoms with van der Waals surface area (Å²) in [5.41, 5.74) is 1.44. The van der Waals surface area contributed by atoms with Crippen molar-refractivity contribution in [1.82, 2.24) is 4.90 Å². The molecule has 1 atom stereocenters. The molecule has 96 valence electrons. The number of hydrogen-bond acceptors (Lipinski definition) is 1. The van der Waals surface area contributed by atoms with Gasteiger partial charge in [0.05, 0.1) is 5.84 Å². The van der Waals surface area contributed by atoms with E-state index in [0.29, 0.717) is 11.8 Å². The molecule has 0 spiro atoms. The van der Waals surface area contributed by atoms with E-state index in [-0.39, 0.29) is 0 Å². The molecule has 3 rings (SSSR count). The lowest BCUT2D eigenvalue weighted by Crippen LogP contribution is -2.32. The molecule has 0 radical (unpaired) electrons. The highest BCUT2D eigenvalue weighted by molar-refractivity contribution is 5.82. The van der Waals surface area contributed by atoms with Gasteiger partial charge in [-0.15, -0.1) is 0 Å². The highest BCUT2D eigenvalue weighted by atomic mass is 15.2. The number of nitrogens with zero attached hydrogens (tertiary/aromatic N) is 1. The van der Waals surface area contributed by atoms with E-state index < -0.39 is 0 Å². The number of rotatable bonds is 2. The standard InChI is InChI=1S/C16H22N2/c17-16(14-8-4-5-9-14)18-11-10-15(12-18)13-6-2-1-3-7-13/h1-3,6-7,14-15,17H,4-5,8-12H2. The zero-order chi connectivity index (χ0) is 12.4. The molecule has 1 N–H and O–H groups in total. The highest BCUT2D eigenvalue weighted by Crippen LogP contribution is 2.32. The second-order valence-corrected chi connectivity index (χ2v) is 5.71. The fourth-order valence-electron chi connectivity index (χ4n) is 3.43. The van der Waals surface area contributed by atoms with Crippen LogP contribution in [-0.4, -0.2) is 23.8 Å². The fourth-order valence-corrected chi connectivity index (χ4v) is 3.43. The maximum atomic E-state index is 8.36. The number of likely N-dealkylation sites (tertiary alicyclic amines) is 1. The van der Waals surface area contributed by atoms with Crippen molar-refractivity contribution in [3.05, 3.63) is 35.9 Å². The van der Waals surface area contributed by atoms with Crippen LogP contribution in [0.1, 0.15) is 43.6 Å². The van der Waals surface area contributed by atoms with E-state index >= 15 is 0 Å². The van der Waals surface area contributed by atoms with Crippen molar-refractivity contribution >= 4 is 5.84 Å². The second kappa shape index (κ2) is 5.13. The van der Waals surface area contributed by atoms with Crippen LogP contribution >= 0.6 is 0 Å². The molecule has 18 heavy (non-hydrogen) atoms. The van der Waals surface area contributed by atoms with Gasteiger partial charge in [-0.3, -0.25) is 5.41 Å². The third-order valence-corrected chi connectivity index (χ3v) is 4.54. The van der Waals surface area contributed by atoms with Crippen LogP contribution in [0.3, 0.4) is 0 Å². The van der Waals surface area contributed by atoms with Gasteiger partial charge in [0, 0.05) is 24.9 Å². The first-order chi connectivity index (χ1) is 8.84. The summed E-state index contributed by atoms with van der Waals surface area (Å²) in [6.07, 6.45) is 6.34. The van der Waals surface area contributed by atoms with Crippen molar-refractivity contribution in [2.45, 2.75) is 38.0 Å². The number of benzene rings is 1. The van der Waals surface area contributed by atoms with Crippen LogP contribution in [0.15, 0.2) is 30.3 Å². The summed E-state index contributed by atoms with van der Waals surface area (Å²) < 4.78 is 0. The first-order valence-corrected chi connectivity index (χ1v) is 7.23. The van der Waals surface area contributed by atoms with E-state index in [4.69, 9.17) is 5.41 Å². The lowest BCUT2D eigenvalue weighted by atomic mass is 9.99. The minimum Gasteiger partial charge on any atom is -0.360 e. The Balaban J connectivity index is 1.63. The monoisotopic (exact) mass is 242 g/mol. The maximum absolute atomic E-state index is 8.36. The van der Waals surface area contributed by atoms with Crippen molar-refractivity contribution in [3.8, 4) is 0 Å². The van der Waals surface area contributed by atoms with Crippen LogP contribution in [-0.2, 0) is 0 Å². The molecule has 0 aromatic heterocycles. The van der Waals surface area contributed by atoms with E-state index in [9.17, 15) is 0 Å². The van der Waals surface area contributed by atoms with E-state index in [2.05, 4.69) is 35.2 Å². The van der Waals surface area contributed by atoms with E-state index in [1.807, 2.05) is 0 Å². The Kier molecular flexibility index (Phi) is 3.35. The van der Waals surface area contributed by atoms with Gasteiger partial charge in [-0.2, -0.15) is 0 Å². The van der Waals surface area contributed by atoms with Gasteiger partial charge in [-0.1, -0.05) is 43.2 Å². The van der Waals surface area contributed by atoms with Crippen LogP contribution < -0.4 is 0 Å². The quantitative estimate of drug-likeness (QED) is 0.622. The maximum Gasteiger partial charge on any atom is 0.0989 e. The summed E-state index contributed by atoms with van der Waals surface area (Å²) in [6, 6.07) is 10.8. The third-order valence-electron chi connectivity index (χ3n) is 4.54. The number of hydrogen-bond donors (Lipinski definition) is 1. The van der Waals surface area contributed by atoms with Gasteiger partial charge in [0.2, 0.25) is 0 Å². The van der Waals surface area contributed by atoms with Gasteiger partial charge in [0.25, 0.3) is 0 Å². The topological polar surface area (TPSA) is 27.1 Å². The minimum absolute atomic E-state index is 0.555. The summed E-state index contributed by atoms with van der Waals surface area (Å²) in [7, 11) is 0. The van der Waals surface area contributed by atoms with Crippen molar-refractivity contribution in [3.63, 3.8) is 0 Å². The zero-order valence-electron chi connectivity index (χ0n) is 10.9. The second-order valence-electron chi connectivity index (χ2n) is 5.71. The third kappa shape index (κ3) is 2.29. The van der Waals surface area contributed by atoms with Crippen LogP contribution in [0.4, 0.5) is 0 Å². The predicted octanol–water partition coefficient (Wildman–Crippen LogP) is 3.64. The molecular weight excluding hydrogens is 220 g/mol. The molecular formula is C16H22N2. The molecule has 1 aromatic rings. The molecule has 2 heteroatoms. The van der Waals surface area contributed by atoms with Crippen LogP contribution in [0.2, 0.25) is 0 Å². The molecule has 2 aliphatic rings. The van der Waals surface area contributed by atoms with Crippen LogP contribution in [0.5, 0.6) is 0 Å². The summed E-state index contributed by atoms with van der Waals surface area (Å²) in [4.78, 5) is 2.33. The van der Waals surface area contributed by atoms with Crippen molar-refractivity contribution in [2.24, 2.45) is 5.92 Å². The van der Waals surface area contributed by atoms with Crippen molar-refractivity contribution in [1.29, 1.82) is 5.41 Å². The Morgan fingerprint density at radius 1 is 1.06 bits per heavy atom. The molecule has 1 heterocycles. The van der Waals surface area contributed by atoms with Gasteiger partial charge >= 0.3 is 0 Å². The van der Waals surface area contributed by atoms with Crippen LogP contribution in [0.25, 0.3) is 0 Å². The number of nitrogens with one attached hydrogen (secondary N) is 1. The molecule has 1 saturated heterocycles. The summed E-state index contributed by atoms with van der Waals surface area (Å²) in [5.74, 6) is 2.11. The predicted molar refractivity (Wildman–Crippen MR) is 75.1 cm³/mol. The molecule has 1 aromatic carbocycles.